The molecule has 1 N–H and O–H groups in total. The van der Waals surface area contributed by atoms with Gasteiger partial charge in [0, 0.05) is 20.1 Å². The van der Waals surface area contributed by atoms with Gasteiger partial charge in [-0.1, -0.05) is 42.5 Å². The van der Waals surface area contributed by atoms with Crippen molar-refractivity contribution < 1.29 is 0 Å². The molecule has 1 aliphatic rings. The molecule has 1 fully saturated rings. The van der Waals surface area contributed by atoms with Gasteiger partial charge in [0.15, 0.2) is 0 Å². The molecule has 1 aliphatic heterocycles. The van der Waals surface area contributed by atoms with E-state index in [4.69, 9.17) is 0 Å². The lowest BCUT2D eigenvalue weighted by atomic mass is 10.0. The molecule has 1 heterocycles. The van der Waals surface area contributed by atoms with Crippen molar-refractivity contribution >= 4 is 11.4 Å². The van der Waals surface area contributed by atoms with E-state index < -0.39 is 0 Å². The van der Waals surface area contributed by atoms with Crippen LogP contribution in [0.4, 0.5) is 11.4 Å². The molecule has 2 heteroatoms. The Morgan fingerprint density at radius 3 is 2.38 bits per heavy atom. The van der Waals surface area contributed by atoms with Gasteiger partial charge in [0.2, 0.25) is 0 Å². The van der Waals surface area contributed by atoms with Gasteiger partial charge in [-0.2, -0.15) is 0 Å². The second-order valence-corrected chi connectivity index (χ2v) is 5.77. The first-order valence-electron chi connectivity index (χ1n) is 7.97. The maximum atomic E-state index is 3.44. The van der Waals surface area contributed by atoms with Crippen LogP contribution in [0, 0.1) is 0 Å². The Kier molecular flexibility index (Phi) is 4.44. The van der Waals surface area contributed by atoms with Crippen LogP contribution in [-0.4, -0.2) is 20.1 Å². The molecule has 0 radical (unpaired) electrons. The van der Waals surface area contributed by atoms with Crippen molar-refractivity contribution in [3.05, 3.63) is 59.7 Å². The summed E-state index contributed by atoms with van der Waals surface area (Å²) >= 11 is 0. The minimum Gasteiger partial charge on any atom is -0.386 e. The van der Waals surface area contributed by atoms with Crippen molar-refractivity contribution in [1.29, 1.82) is 0 Å². The van der Waals surface area contributed by atoms with E-state index in [2.05, 4.69) is 58.7 Å². The molecule has 110 valence electrons. The van der Waals surface area contributed by atoms with Crippen LogP contribution in [0.1, 0.15) is 30.4 Å². The van der Waals surface area contributed by atoms with E-state index >= 15 is 0 Å². The van der Waals surface area contributed by atoms with Crippen molar-refractivity contribution in [2.24, 2.45) is 0 Å². The zero-order chi connectivity index (χ0) is 14.5. The minimum atomic E-state index is 0.985. The summed E-state index contributed by atoms with van der Waals surface area (Å²) in [5, 5.41) is 3.44. The van der Waals surface area contributed by atoms with E-state index in [9.17, 15) is 0 Å². The molecule has 0 bridgehead atoms. The Morgan fingerprint density at radius 1 is 0.905 bits per heavy atom. The smallest absolute Gasteiger partial charge is 0.0611 e. The largest absolute Gasteiger partial charge is 0.386 e. The van der Waals surface area contributed by atoms with Gasteiger partial charge in [0.25, 0.3) is 0 Å². The van der Waals surface area contributed by atoms with Crippen molar-refractivity contribution in [2.45, 2.75) is 25.7 Å². The molecule has 0 aliphatic carbocycles. The summed E-state index contributed by atoms with van der Waals surface area (Å²) in [6.45, 7) is 2.37. The summed E-state index contributed by atoms with van der Waals surface area (Å²) in [4.78, 5) is 2.53. The van der Waals surface area contributed by atoms with Gasteiger partial charge in [-0.3, -0.25) is 0 Å². The Balaban J connectivity index is 1.90. The van der Waals surface area contributed by atoms with Crippen molar-refractivity contribution in [3.63, 3.8) is 0 Å². The first-order valence-corrected chi connectivity index (χ1v) is 7.97. The summed E-state index contributed by atoms with van der Waals surface area (Å²) in [7, 11) is 2.04. The molecule has 0 atom stereocenters. The SMILES string of the molecule is CNc1c(Cc2ccccc2)cccc1N1CCCCC1. The maximum absolute atomic E-state index is 3.44. The molecule has 0 spiro atoms. The van der Waals surface area contributed by atoms with Gasteiger partial charge < -0.3 is 10.2 Å². The fourth-order valence-electron chi connectivity index (χ4n) is 3.24. The average molecular weight is 280 g/mol. The van der Waals surface area contributed by atoms with E-state index in [-0.39, 0.29) is 0 Å². The number of nitrogens with zero attached hydrogens (tertiary/aromatic N) is 1. The second kappa shape index (κ2) is 6.66. The van der Waals surface area contributed by atoms with E-state index in [1.54, 1.807) is 0 Å². The first kappa shape index (κ1) is 14.0. The van der Waals surface area contributed by atoms with Crippen LogP contribution in [0.3, 0.4) is 0 Å². The highest BCUT2D eigenvalue weighted by atomic mass is 15.1. The Morgan fingerprint density at radius 2 is 1.67 bits per heavy atom. The molecule has 0 unspecified atom stereocenters. The molecule has 0 aromatic heterocycles. The predicted molar refractivity (Wildman–Crippen MR) is 91.3 cm³/mol. The molecule has 3 rings (SSSR count). The third kappa shape index (κ3) is 3.21. The van der Waals surface area contributed by atoms with Crippen LogP contribution in [0.15, 0.2) is 48.5 Å². The lowest BCUT2D eigenvalue weighted by molar-refractivity contribution is 0.578. The summed E-state index contributed by atoms with van der Waals surface area (Å²) in [6, 6.07) is 17.4. The van der Waals surface area contributed by atoms with E-state index in [0.717, 1.165) is 6.42 Å². The Hall–Kier alpha value is -1.96. The van der Waals surface area contributed by atoms with Crippen molar-refractivity contribution in [2.75, 3.05) is 30.4 Å². The number of hydrogen-bond acceptors (Lipinski definition) is 2. The number of hydrogen-bond donors (Lipinski definition) is 1. The van der Waals surface area contributed by atoms with Crippen molar-refractivity contribution in [1.82, 2.24) is 0 Å². The van der Waals surface area contributed by atoms with E-state index in [0.29, 0.717) is 0 Å². The van der Waals surface area contributed by atoms with Crippen LogP contribution in [0.2, 0.25) is 0 Å². The molecule has 2 aromatic carbocycles. The monoisotopic (exact) mass is 280 g/mol. The number of nitrogens with one attached hydrogen (secondary N) is 1. The summed E-state index contributed by atoms with van der Waals surface area (Å²) in [6.07, 6.45) is 4.98. The highest BCUT2D eigenvalue weighted by Gasteiger charge is 2.16. The van der Waals surface area contributed by atoms with E-state index in [1.165, 1.54) is 54.9 Å². The third-order valence-electron chi connectivity index (χ3n) is 4.31. The third-order valence-corrected chi connectivity index (χ3v) is 4.31. The van der Waals surface area contributed by atoms with Gasteiger partial charge in [-0.25, -0.2) is 0 Å². The maximum Gasteiger partial charge on any atom is 0.0611 e. The number of anilines is 2. The molecule has 0 amide bonds. The highest BCUT2D eigenvalue weighted by molar-refractivity contribution is 5.74. The number of rotatable bonds is 4. The second-order valence-electron chi connectivity index (χ2n) is 5.77. The topological polar surface area (TPSA) is 15.3 Å². The van der Waals surface area contributed by atoms with Crippen LogP contribution in [0.25, 0.3) is 0 Å². The quantitative estimate of drug-likeness (QED) is 0.897. The number of benzene rings is 2. The lowest BCUT2D eigenvalue weighted by Crippen LogP contribution is -2.30. The van der Waals surface area contributed by atoms with Crippen LogP contribution >= 0.6 is 0 Å². The van der Waals surface area contributed by atoms with Crippen LogP contribution in [-0.2, 0) is 6.42 Å². The zero-order valence-electron chi connectivity index (χ0n) is 12.8. The zero-order valence-corrected chi connectivity index (χ0v) is 12.8. The van der Waals surface area contributed by atoms with Gasteiger partial charge in [-0.15, -0.1) is 0 Å². The van der Waals surface area contributed by atoms with Gasteiger partial charge in [-0.05, 0) is 42.9 Å². The van der Waals surface area contributed by atoms with Crippen LogP contribution in [0.5, 0.6) is 0 Å². The molecule has 1 saturated heterocycles. The number of piperidine rings is 1. The Labute approximate surface area is 127 Å². The van der Waals surface area contributed by atoms with Gasteiger partial charge in [0.05, 0.1) is 11.4 Å². The fourth-order valence-corrected chi connectivity index (χ4v) is 3.24. The standard InChI is InChI=1S/C19H24N2/c1-20-19-17(15-16-9-4-2-5-10-16)11-8-12-18(19)21-13-6-3-7-14-21/h2,4-5,8-12,20H,3,6-7,13-15H2,1H3. The highest BCUT2D eigenvalue weighted by Crippen LogP contribution is 2.32. The summed E-state index contributed by atoms with van der Waals surface area (Å²) in [5.74, 6) is 0. The molecule has 0 saturated carbocycles. The van der Waals surface area contributed by atoms with Gasteiger partial charge in [0.1, 0.15) is 0 Å². The molecule has 2 nitrogen and oxygen atoms in total. The van der Waals surface area contributed by atoms with Gasteiger partial charge >= 0.3 is 0 Å². The molecule has 2 aromatic rings. The van der Waals surface area contributed by atoms with E-state index in [1.807, 2.05) is 7.05 Å². The van der Waals surface area contributed by atoms with Crippen LogP contribution < -0.4 is 10.2 Å². The first-order chi connectivity index (χ1) is 10.4. The minimum absolute atomic E-state index is 0.985. The summed E-state index contributed by atoms with van der Waals surface area (Å²) in [5.41, 5.74) is 5.41. The molecular formula is C19H24N2. The average Bonchev–Trinajstić information content (AvgIpc) is 2.56. The Bertz CT molecular complexity index is 571. The number of para-hydroxylation sites is 1. The lowest BCUT2D eigenvalue weighted by Gasteiger charge is -2.31. The summed E-state index contributed by atoms with van der Waals surface area (Å²) < 4.78 is 0. The van der Waals surface area contributed by atoms with Crippen molar-refractivity contribution in [3.8, 4) is 0 Å². The molecular weight excluding hydrogens is 256 g/mol. The normalized spacial score (nSPS) is 15.0. The fraction of sp³-hybridized carbons (Fsp3) is 0.368. The predicted octanol–water partition coefficient (Wildman–Crippen LogP) is 4.31. The molecule has 21 heavy (non-hydrogen) atoms.